The predicted octanol–water partition coefficient (Wildman–Crippen LogP) is 2.75. The molecule has 0 aliphatic heterocycles. The van der Waals surface area contributed by atoms with E-state index in [1.165, 1.54) is 19.1 Å². The van der Waals surface area contributed by atoms with E-state index in [9.17, 15) is 14.8 Å². The number of hydroxylamine groups is 2. The molecule has 1 aromatic rings. The fourth-order valence-electron chi connectivity index (χ4n) is 1.49. The Balaban J connectivity index is 2.47. The average Bonchev–Trinajstić information content (AvgIpc) is 2.41. The molecule has 21 heavy (non-hydrogen) atoms. The molecule has 0 unspecified atom stereocenters. The van der Waals surface area contributed by atoms with Gasteiger partial charge >= 0.3 is 0 Å². The van der Waals surface area contributed by atoms with E-state index in [1.54, 1.807) is 18.2 Å². The lowest BCUT2D eigenvalue weighted by atomic mass is 10.2. The summed E-state index contributed by atoms with van der Waals surface area (Å²) >= 11 is 11.7. The van der Waals surface area contributed by atoms with Crippen molar-refractivity contribution >= 4 is 41.1 Å². The van der Waals surface area contributed by atoms with Crippen LogP contribution in [0.25, 0.3) is 6.08 Å². The molecular formula is C14H16Cl2N2O3. The van der Waals surface area contributed by atoms with Crippen molar-refractivity contribution in [2.24, 2.45) is 0 Å². The number of hydrogen-bond donors (Lipinski definition) is 2. The van der Waals surface area contributed by atoms with Gasteiger partial charge in [-0.1, -0.05) is 29.3 Å². The van der Waals surface area contributed by atoms with Gasteiger partial charge in [-0.05, 0) is 30.2 Å². The maximum atomic E-state index is 11.7. The molecule has 7 heteroatoms. The minimum Gasteiger partial charge on any atom is -0.356 e. The van der Waals surface area contributed by atoms with Crippen LogP contribution >= 0.6 is 23.2 Å². The van der Waals surface area contributed by atoms with Crippen molar-refractivity contribution in [1.82, 2.24) is 10.4 Å². The molecule has 1 rings (SSSR count). The van der Waals surface area contributed by atoms with Gasteiger partial charge in [-0.3, -0.25) is 14.8 Å². The summed E-state index contributed by atoms with van der Waals surface area (Å²) in [5.41, 5.74) is 0.626. The fraction of sp³-hybridized carbons (Fsp3) is 0.286. The maximum absolute atomic E-state index is 11.7. The summed E-state index contributed by atoms with van der Waals surface area (Å²) in [6, 6.07) is 4.89. The van der Waals surface area contributed by atoms with E-state index in [0.29, 0.717) is 33.6 Å². The molecule has 2 amide bonds. The van der Waals surface area contributed by atoms with Crippen LogP contribution in [-0.2, 0) is 9.59 Å². The number of rotatable bonds is 6. The summed E-state index contributed by atoms with van der Waals surface area (Å²) in [7, 11) is 0. The number of carbonyl (C=O) groups excluding carboxylic acids is 2. The highest BCUT2D eigenvalue weighted by Crippen LogP contribution is 2.21. The molecule has 0 spiro atoms. The van der Waals surface area contributed by atoms with Gasteiger partial charge in [-0.25, -0.2) is 5.06 Å². The zero-order valence-electron chi connectivity index (χ0n) is 11.5. The molecule has 0 saturated carbocycles. The Labute approximate surface area is 133 Å². The molecule has 0 aliphatic rings. The molecule has 0 aromatic heterocycles. The second kappa shape index (κ2) is 8.67. The molecule has 0 fully saturated rings. The SMILES string of the molecule is CC(=O)NCCCN(O)C(=O)/C=C/c1ccc(Cl)cc1Cl. The van der Waals surface area contributed by atoms with Crippen LogP contribution in [0.15, 0.2) is 24.3 Å². The Morgan fingerprint density at radius 2 is 2.10 bits per heavy atom. The Morgan fingerprint density at radius 3 is 2.71 bits per heavy atom. The third kappa shape index (κ3) is 6.62. The summed E-state index contributed by atoms with van der Waals surface area (Å²) in [5, 5.41) is 13.6. The highest BCUT2D eigenvalue weighted by atomic mass is 35.5. The first-order valence-electron chi connectivity index (χ1n) is 6.28. The highest BCUT2D eigenvalue weighted by Gasteiger charge is 2.07. The molecule has 1 aromatic carbocycles. The topological polar surface area (TPSA) is 69.6 Å². The van der Waals surface area contributed by atoms with Gasteiger partial charge in [-0.2, -0.15) is 0 Å². The molecule has 2 N–H and O–H groups in total. The van der Waals surface area contributed by atoms with Crippen molar-refractivity contribution in [2.75, 3.05) is 13.1 Å². The molecule has 0 saturated heterocycles. The summed E-state index contributed by atoms with van der Waals surface area (Å²) in [6.45, 7) is 1.92. The minimum atomic E-state index is -0.566. The van der Waals surface area contributed by atoms with Gasteiger partial charge < -0.3 is 5.32 Å². The molecule has 0 bridgehead atoms. The minimum absolute atomic E-state index is 0.123. The largest absolute Gasteiger partial charge is 0.356 e. The first-order chi connectivity index (χ1) is 9.90. The van der Waals surface area contributed by atoms with Crippen molar-refractivity contribution in [2.45, 2.75) is 13.3 Å². The molecule has 0 heterocycles. The third-order valence-electron chi connectivity index (χ3n) is 2.54. The molecular weight excluding hydrogens is 315 g/mol. The molecule has 5 nitrogen and oxygen atoms in total. The lowest BCUT2D eigenvalue weighted by molar-refractivity contribution is -0.159. The molecule has 0 aliphatic carbocycles. The third-order valence-corrected chi connectivity index (χ3v) is 3.11. The number of hydrogen-bond acceptors (Lipinski definition) is 3. The zero-order valence-corrected chi connectivity index (χ0v) is 13.0. The monoisotopic (exact) mass is 330 g/mol. The van der Waals surface area contributed by atoms with Gasteiger partial charge in [0.2, 0.25) is 5.91 Å². The number of nitrogens with zero attached hydrogens (tertiary/aromatic N) is 1. The van der Waals surface area contributed by atoms with Crippen LogP contribution in [-0.4, -0.2) is 35.2 Å². The van der Waals surface area contributed by atoms with E-state index in [2.05, 4.69) is 5.32 Å². The van der Waals surface area contributed by atoms with Gasteiger partial charge in [0.15, 0.2) is 0 Å². The van der Waals surface area contributed by atoms with Gasteiger partial charge in [0, 0.05) is 29.6 Å². The first kappa shape index (κ1) is 17.5. The van der Waals surface area contributed by atoms with Crippen molar-refractivity contribution < 1.29 is 14.8 Å². The molecule has 114 valence electrons. The molecule has 0 atom stereocenters. The van der Waals surface area contributed by atoms with Gasteiger partial charge in [0.05, 0.1) is 6.54 Å². The van der Waals surface area contributed by atoms with E-state index >= 15 is 0 Å². The summed E-state index contributed by atoms with van der Waals surface area (Å²) in [5.74, 6) is -0.716. The Bertz CT molecular complexity index is 547. The van der Waals surface area contributed by atoms with Crippen molar-refractivity contribution in [3.63, 3.8) is 0 Å². The number of benzene rings is 1. The van der Waals surface area contributed by atoms with Crippen molar-refractivity contribution in [1.29, 1.82) is 0 Å². The van der Waals surface area contributed by atoms with Crippen LogP contribution < -0.4 is 5.32 Å². The highest BCUT2D eigenvalue weighted by molar-refractivity contribution is 6.35. The van der Waals surface area contributed by atoms with E-state index in [-0.39, 0.29) is 12.5 Å². The quantitative estimate of drug-likeness (QED) is 0.364. The van der Waals surface area contributed by atoms with Crippen LogP contribution in [0.2, 0.25) is 10.0 Å². The van der Waals surface area contributed by atoms with Crippen LogP contribution in [0.4, 0.5) is 0 Å². The van der Waals surface area contributed by atoms with E-state index < -0.39 is 5.91 Å². The summed E-state index contributed by atoms with van der Waals surface area (Å²) < 4.78 is 0. The Hall–Kier alpha value is -1.56. The van der Waals surface area contributed by atoms with E-state index in [4.69, 9.17) is 23.2 Å². The second-order valence-corrected chi connectivity index (χ2v) is 5.14. The van der Waals surface area contributed by atoms with Crippen LogP contribution in [0.3, 0.4) is 0 Å². The number of nitrogens with one attached hydrogen (secondary N) is 1. The fourth-order valence-corrected chi connectivity index (χ4v) is 1.96. The summed E-state index contributed by atoms with van der Waals surface area (Å²) in [6.07, 6.45) is 3.17. The second-order valence-electron chi connectivity index (χ2n) is 4.30. The Kier molecular flexibility index (Phi) is 7.22. The average molecular weight is 331 g/mol. The van der Waals surface area contributed by atoms with E-state index in [1.807, 2.05) is 0 Å². The number of carbonyl (C=O) groups is 2. The normalized spacial score (nSPS) is 10.7. The predicted molar refractivity (Wildman–Crippen MR) is 82.3 cm³/mol. The van der Waals surface area contributed by atoms with Gasteiger partial charge in [0.1, 0.15) is 0 Å². The first-order valence-corrected chi connectivity index (χ1v) is 7.03. The van der Waals surface area contributed by atoms with Gasteiger partial charge in [0.25, 0.3) is 5.91 Å². The standard InChI is InChI=1S/C14H16Cl2N2O3/c1-10(19)17-7-2-8-18(21)14(20)6-4-11-3-5-12(15)9-13(11)16/h3-6,9,21H,2,7-8H2,1H3,(H,17,19)/b6-4+. The van der Waals surface area contributed by atoms with Crippen LogP contribution in [0, 0.1) is 0 Å². The van der Waals surface area contributed by atoms with E-state index in [0.717, 1.165) is 0 Å². The zero-order chi connectivity index (χ0) is 15.8. The molecule has 0 radical (unpaired) electrons. The van der Waals surface area contributed by atoms with Crippen molar-refractivity contribution in [3.8, 4) is 0 Å². The summed E-state index contributed by atoms with van der Waals surface area (Å²) in [4.78, 5) is 22.3. The van der Waals surface area contributed by atoms with Crippen LogP contribution in [0.1, 0.15) is 18.9 Å². The Morgan fingerprint density at radius 1 is 1.38 bits per heavy atom. The number of halogens is 2. The lowest BCUT2D eigenvalue weighted by Gasteiger charge is -2.12. The van der Waals surface area contributed by atoms with Crippen LogP contribution in [0.5, 0.6) is 0 Å². The lowest BCUT2D eigenvalue weighted by Crippen LogP contribution is -2.30. The van der Waals surface area contributed by atoms with Crippen molar-refractivity contribution in [3.05, 3.63) is 39.9 Å². The number of amides is 2. The van der Waals surface area contributed by atoms with Gasteiger partial charge in [-0.15, -0.1) is 0 Å². The maximum Gasteiger partial charge on any atom is 0.269 e. The smallest absolute Gasteiger partial charge is 0.269 e.